The lowest BCUT2D eigenvalue weighted by Crippen LogP contribution is -2.08. The molecule has 4 heteroatoms. The highest BCUT2D eigenvalue weighted by molar-refractivity contribution is 7.41. The molecule has 0 spiro atoms. The lowest BCUT2D eigenvalue weighted by Gasteiger charge is -2.21. The van der Waals surface area contributed by atoms with E-state index in [-0.39, 0.29) is 0 Å². The van der Waals surface area contributed by atoms with Crippen LogP contribution in [-0.4, -0.2) is 19.8 Å². The summed E-state index contributed by atoms with van der Waals surface area (Å²) in [5, 5.41) is 0. The second-order valence-electron chi connectivity index (χ2n) is 8.28. The summed E-state index contributed by atoms with van der Waals surface area (Å²) >= 11 is 0. The first-order valence-electron chi connectivity index (χ1n) is 12.3. The molecule has 0 saturated heterocycles. The average Bonchev–Trinajstić information content (AvgIpc) is 2.71. The molecule has 0 fully saturated rings. The molecule has 0 amide bonds. The van der Waals surface area contributed by atoms with Crippen LogP contribution in [0.5, 0.6) is 0 Å². The van der Waals surface area contributed by atoms with Gasteiger partial charge in [0, 0.05) is 0 Å². The highest BCUT2D eigenvalue weighted by atomic mass is 31.2. The van der Waals surface area contributed by atoms with Crippen molar-refractivity contribution in [3.63, 3.8) is 0 Å². The molecular weight excluding hydrogens is 367 g/mol. The molecule has 0 aliphatic carbocycles. The third kappa shape index (κ3) is 15.2. The Kier molecular flexibility index (Phi) is 20.8. The van der Waals surface area contributed by atoms with Gasteiger partial charge in [-0.15, -0.1) is 0 Å². The maximum Gasteiger partial charge on any atom is 0.332 e. The standard InChI is InChI=1S/C24H51O3P/c1-7-13-22(10-4)16-19-25-28(26-20-17-23(11-5)14-8-2)27-21-18-24(12-6)15-9-3/h22-24H,7-21H2,1-6H3. The van der Waals surface area contributed by atoms with Crippen LogP contribution in [0.1, 0.15) is 119 Å². The Labute approximate surface area is 178 Å². The summed E-state index contributed by atoms with van der Waals surface area (Å²) in [6.45, 7) is 16.0. The van der Waals surface area contributed by atoms with Gasteiger partial charge >= 0.3 is 8.60 Å². The van der Waals surface area contributed by atoms with E-state index in [1.807, 2.05) is 0 Å². The molecule has 0 N–H and O–H groups in total. The highest BCUT2D eigenvalue weighted by Gasteiger charge is 2.16. The molecule has 0 rings (SSSR count). The lowest BCUT2D eigenvalue weighted by molar-refractivity contribution is 0.138. The van der Waals surface area contributed by atoms with Gasteiger partial charge in [-0.05, 0) is 37.0 Å². The molecule has 0 heterocycles. The van der Waals surface area contributed by atoms with E-state index in [0.717, 1.165) is 56.8 Å². The Bertz CT molecular complexity index is 267. The van der Waals surface area contributed by atoms with Gasteiger partial charge in [0.15, 0.2) is 0 Å². The largest absolute Gasteiger partial charge is 0.332 e. The van der Waals surface area contributed by atoms with Crippen LogP contribution in [0.25, 0.3) is 0 Å². The molecule has 0 radical (unpaired) electrons. The fourth-order valence-corrected chi connectivity index (χ4v) is 4.86. The van der Waals surface area contributed by atoms with Crippen LogP contribution in [0.15, 0.2) is 0 Å². The van der Waals surface area contributed by atoms with E-state index in [4.69, 9.17) is 13.6 Å². The van der Waals surface area contributed by atoms with E-state index < -0.39 is 8.60 Å². The fourth-order valence-electron chi connectivity index (χ4n) is 3.88. The molecule has 0 saturated carbocycles. The van der Waals surface area contributed by atoms with Crippen LogP contribution in [0, 0.1) is 17.8 Å². The van der Waals surface area contributed by atoms with Gasteiger partial charge < -0.3 is 13.6 Å². The van der Waals surface area contributed by atoms with E-state index in [9.17, 15) is 0 Å². The predicted molar refractivity (Wildman–Crippen MR) is 125 cm³/mol. The minimum Gasteiger partial charge on any atom is -0.312 e. The van der Waals surface area contributed by atoms with Crippen LogP contribution >= 0.6 is 8.60 Å². The van der Waals surface area contributed by atoms with Crippen molar-refractivity contribution < 1.29 is 13.6 Å². The van der Waals surface area contributed by atoms with Crippen LogP contribution in [0.2, 0.25) is 0 Å². The van der Waals surface area contributed by atoms with E-state index in [1.165, 1.54) is 57.8 Å². The van der Waals surface area contributed by atoms with E-state index in [0.29, 0.717) is 0 Å². The lowest BCUT2D eigenvalue weighted by atomic mass is 9.98. The van der Waals surface area contributed by atoms with Crippen LogP contribution < -0.4 is 0 Å². The summed E-state index contributed by atoms with van der Waals surface area (Å²) in [6.07, 6.45) is 14.7. The minimum absolute atomic E-state index is 0.766. The van der Waals surface area contributed by atoms with Gasteiger partial charge in [0.2, 0.25) is 0 Å². The van der Waals surface area contributed by atoms with Crippen molar-refractivity contribution in [2.45, 2.75) is 119 Å². The van der Waals surface area contributed by atoms with Crippen molar-refractivity contribution in [3.8, 4) is 0 Å². The number of hydrogen-bond donors (Lipinski definition) is 0. The predicted octanol–water partition coefficient (Wildman–Crippen LogP) is 8.91. The number of hydrogen-bond acceptors (Lipinski definition) is 3. The smallest absolute Gasteiger partial charge is 0.312 e. The monoisotopic (exact) mass is 418 g/mol. The van der Waals surface area contributed by atoms with E-state index >= 15 is 0 Å². The summed E-state index contributed by atoms with van der Waals surface area (Å²) in [7, 11) is -1.20. The molecule has 0 bridgehead atoms. The van der Waals surface area contributed by atoms with Gasteiger partial charge in [0.25, 0.3) is 0 Å². The quantitative estimate of drug-likeness (QED) is 0.174. The second kappa shape index (κ2) is 20.6. The maximum atomic E-state index is 6.09. The third-order valence-corrected chi connectivity index (χ3v) is 7.17. The summed E-state index contributed by atoms with van der Waals surface area (Å²) in [5.74, 6) is 2.31. The van der Waals surface area contributed by atoms with Crippen molar-refractivity contribution in [3.05, 3.63) is 0 Å². The first-order valence-corrected chi connectivity index (χ1v) is 13.4. The molecule has 3 unspecified atom stereocenters. The molecule has 0 aliphatic heterocycles. The molecule has 28 heavy (non-hydrogen) atoms. The Morgan fingerprint density at radius 3 is 0.964 bits per heavy atom. The van der Waals surface area contributed by atoms with Crippen molar-refractivity contribution in [1.82, 2.24) is 0 Å². The van der Waals surface area contributed by atoms with Crippen molar-refractivity contribution in [2.75, 3.05) is 19.8 Å². The van der Waals surface area contributed by atoms with Crippen molar-refractivity contribution >= 4 is 8.60 Å². The highest BCUT2D eigenvalue weighted by Crippen LogP contribution is 2.41. The summed E-state index contributed by atoms with van der Waals surface area (Å²) in [6, 6.07) is 0. The molecule has 3 nitrogen and oxygen atoms in total. The topological polar surface area (TPSA) is 27.7 Å². The molecule has 0 aromatic rings. The molecule has 3 atom stereocenters. The zero-order chi connectivity index (χ0) is 21.0. The van der Waals surface area contributed by atoms with Crippen molar-refractivity contribution in [1.29, 1.82) is 0 Å². The van der Waals surface area contributed by atoms with Crippen molar-refractivity contribution in [2.24, 2.45) is 17.8 Å². The van der Waals surface area contributed by atoms with Crippen LogP contribution in [-0.2, 0) is 13.6 Å². The zero-order valence-corrected chi connectivity index (χ0v) is 20.9. The summed E-state index contributed by atoms with van der Waals surface area (Å²) in [5.41, 5.74) is 0. The molecule has 0 aromatic heterocycles. The molecular formula is C24H51O3P. The van der Waals surface area contributed by atoms with Gasteiger partial charge in [0.05, 0.1) is 19.8 Å². The second-order valence-corrected chi connectivity index (χ2v) is 9.50. The molecule has 0 aliphatic rings. The zero-order valence-electron chi connectivity index (χ0n) is 20.0. The molecule has 0 aromatic carbocycles. The number of rotatable bonds is 21. The third-order valence-electron chi connectivity index (χ3n) is 5.99. The van der Waals surface area contributed by atoms with Gasteiger partial charge in [-0.2, -0.15) is 0 Å². The fraction of sp³-hybridized carbons (Fsp3) is 1.00. The summed E-state index contributed by atoms with van der Waals surface area (Å²) < 4.78 is 18.3. The Morgan fingerprint density at radius 2 is 0.750 bits per heavy atom. The van der Waals surface area contributed by atoms with Crippen LogP contribution in [0.3, 0.4) is 0 Å². The Hall–Kier alpha value is 0.310. The van der Waals surface area contributed by atoms with Gasteiger partial charge in [-0.25, -0.2) is 0 Å². The molecule has 170 valence electrons. The van der Waals surface area contributed by atoms with Crippen LogP contribution in [0.4, 0.5) is 0 Å². The minimum atomic E-state index is -1.20. The summed E-state index contributed by atoms with van der Waals surface area (Å²) in [4.78, 5) is 0. The normalized spacial score (nSPS) is 16.1. The Morgan fingerprint density at radius 1 is 0.464 bits per heavy atom. The SMILES string of the molecule is CCCC(CC)CCOP(OCCC(CC)CCC)OCCC(CC)CCC. The Balaban J connectivity index is 4.38. The van der Waals surface area contributed by atoms with Gasteiger partial charge in [0.1, 0.15) is 0 Å². The van der Waals surface area contributed by atoms with E-state index in [2.05, 4.69) is 41.5 Å². The average molecular weight is 419 g/mol. The first kappa shape index (κ1) is 28.3. The van der Waals surface area contributed by atoms with Gasteiger partial charge in [-0.1, -0.05) is 99.3 Å². The first-order chi connectivity index (χ1) is 13.6. The maximum absolute atomic E-state index is 6.09. The van der Waals surface area contributed by atoms with E-state index in [1.54, 1.807) is 0 Å². The van der Waals surface area contributed by atoms with Gasteiger partial charge in [-0.3, -0.25) is 0 Å².